The zero-order valence-electron chi connectivity index (χ0n) is 13.6. The number of benzene rings is 1. The number of thioether (sulfide) groups is 2. The molecule has 0 saturated carbocycles. The van der Waals surface area contributed by atoms with Crippen LogP contribution in [0.2, 0.25) is 0 Å². The van der Waals surface area contributed by atoms with Gasteiger partial charge in [-0.3, -0.25) is 4.79 Å². The summed E-state index contributed by atoms with van der Waals surface area (Å²) in [7, 11) is 3.16. The van der Waals surface area contributed by atoms with Gasteiger partial charge in [-0.05, 0) is 30.5 Å². The summed E-state index contributed by atoms with van der Waals surface area (Å²) in [6.45, 7) is -0.0799. The first-order chi connectivity index (χ1) is 11.1. The third-order valence-electron chi connectivity index (χ3n) is 2.94. The number of hydrogen-bond donors (Lipinski definition) is 2. The van der Waals surface area contributed by atoms with Gasteiger partial charge in [0.2, 0.25) is 5.91 Å². The van der Waals surface area contributed by atoms with E-state index in [4.69, 9.17) is 9.47 Å². The zero-order valence-corrected chi connectivity index (χ0v) is 15.2. The van der Waals surface area contributed by atoms with E-state index >= 15 is 0 Å². The van der Waals surface area contributed by atoms with Crippen molar-refractivity contribution in [2.24, 2.45) is 0 Å². The lowest BCUT2D eigenvalue weighted by molar-refractivity contribution is -0.117. The van der Waals surface area contributed by atoms with Gasteiger partial charge in [-0.2, -0.15) is 11.8 Å². The molecule has 0 aliphatic rings. The van der Waals surface area contributed by atoms with Crippen LogP contribution in [-0.4, -0.2) is 55.0 Å². The first-order valence-electron chi connectivity index (χ1n) is 7.02. The minimum Gasteiger partial charge on any atom is -0.497 e. The quantitative estimate of drug-likeness (QED) is 0.380. The fourth-order valence-electron chi connectivity index (χ4n) is 1.80. The van der Waals surface area contributed by atoms with Crippen molar-refractivity contribution in [2.45, 2.75) is 6.04 Å². The van der Waals surface area contributed by atoms with Crippen LogP contribution in [0.15, 0.2) is 24.3 Å². The van der Waals surface area contributed by atoms with Gasteiger partial charge in [0.1, 0.15) is 11.5 Å². The molecule has 0 bridgehead atoms. The van der Waals surface area contributed by atoms with Crippen LogP contribution in [0.3, 0.4) is 0 Å². The van der Waals surface area contributed by atoms with Crippen molar-refractivity contribution in [2.75, 3.05) is 37.9 Å². The number of rotatable bonds is 10. The first-order valence-corrected chi connectivity index (χ1v) is 9.57. The molecule has 0 unspecified atom stereocenters. The Bertz CT molecular complexity index is 523. The lowest BCUT2D eigenvalue weighted by atomic mass is 10.1. The van der Waals surface area contributed by atoms with Gasteiger partial charge in [0.25, 0.3) is 0 Å². The Morgan fingerprint density at radius 1 is 1.39 bits per heavy atom. The summed E-state index contributed by atoms with van der Waals surface area (Å²) in [6.07, 6.45) is 5.11. The Morgan fingerprint density at radius 3 is 2.78 bits per heavy atom. The summed E-state index contributed by atoms with van der Waals surface area (Å²) in [5.74, 6) is 1.77. The fourth-order valence-corrected chi connectivity index (χ4v) is 3.32. The van der Waals surface area contributed by atoms with Gasteiger partial charge in [0.15, 0.2) is 0 Å². The van der Waals surface area contributed by atoms with Crippen molar-refractivity contribution in [1.29, 1.82) is 0 Å². The molecule has 0 fully saturated rings. The van der Waals surface area contributed by atoms with Gasteiger partial charge >= 0.3 is 0 Å². The van der Waals surface area contributed by atoms with E-state index < -0.39 is 0 Å². The summed E-state index contributed by atoms with van der Waals surface area (Å²) in [4.78, 5) is 12.0. The summed E-state index contributed by atoms with van der Waals surface area (Å²) < 4.78 is 10.4. The molecule has 128 valence electrons. The number of carbonyl (C=O) groups excluding carboxylic acids is 1. The zero-order chi connectivity index (χ0) is 17.1. The molecule has 0 aliphatic heterocycles. The maximum Gasteiger partial charge on any atom is 0.244 e. The van der Waals surface area contributed by atoms with Crippen molar-refractivity contribution in [1.82, 2.24) is 5.32 Å². The second-order valence-electron chi connectivity index (χ2n) is 4.61. The molecule has 1 atom stereocenters. The molecule has 23 heavy (non-hydrogen) atoms. The van der Waals surface area contributed by atoms with E-state index in [9.17, 15) is 9.90 Å². The van der Waals surface area contributed by atoms with Gasteiger partial charge in [-0.1, -0.05) is 0 Å². The van der Waals surface area contributed by atoms with Gasteiger partial charge in [0.05, 0.1) is 26.9 Å². The summed E-state index contributed by atoms with van der Waals surface area (Å²) >= 11 is 3.40. The maximum atomic E-state index is 12.0. The molecular formula is C16H23NO4S2. The average molecular weight is 357 g/mol. The maximum absolute atomic E-state index is 12.0. The van der Waals surface area contributed by atoms with Crippen LogP contribution in [-0.2, 0) is 4.79 Å². The number of methoxy groups -OCH3 is 2. The Hall–Kier alpha value is -1.31. The Morgan fingerprint density at radius 2 is 2.17 bits per heavy atom. The third kappa shape index (κ3) is 7.20. The Balaban J connectivity index is 2.66. The standard InChI is InChI=1S/C16H23NO4S2/c1-20-14-5-6-15(21-2)12(8-14)4-7-16(19)17-13(9-18)10-23-11-22-3/h4-8,13,18H,9-11H2,1-3H3,(H,17,19)/b7-4+/t13-/m1/s1. The highest BCUT2D eigenvalue weighted by Gasteiger charge is 2.10. The summed E-state index contributed by atoms with van der Waals surface area (Å²) in [6, 6.07) is 5.12. The lowest BCUT2D eigenvalue weighted by Gasteiger charge is -2.14. The molecule has 0 aromatic heterocycles. The molecule has 0 saturated heterocycles. The molecule has 0 heterocycles. The second-order valence-corrected chi connectivity index (χ2v) is 6.87. The molecule has 1 aromatic carbocycles. The summed E-state index contributed by atoms with van der Waals surface area (Å²) in [5, 5.41) is 13.0. The minimum absolute atomic E-state index is 0.0799. The molecule has 1 aromatic rings. The number of ether oxygens (including phenoxy) is 2. The number of aliphatic hydroxyl groups is 1. The smallest absolute Gasteiger partial charge is 0.244 e. The predicted molar refractivity (Wildman–Crippen MR) is 98.4 cm³/mol. The van der Waals surface area contributed by atoms with E-state index in [2.05, 4.69) is 5.32 Å². The normalized spacial score (nSPS) is 12.2. The van der Waals surface area contributed by atoms with Gasteiger partial charge in [-0.25, -0.2) is 0 Å². The van der Waals surface area contributed by atoms with E-state index in [-0.39, 0.29) is 18.6 Å². The Labute approximate surface area is 145 Å². The van der Waals surface area contributed by atoms with Crippen LogP contribution in [0.25, 0.3) is 6.08 Å². The van der Waals surface area contributed by atoms with Crippen molar-refractivity contribution >= 4 is 35.5 Å². The van der Waals surface area contributed by atoms with Crippen molar-refractivity contribution in [3.05, 3.63) is 29.8 Å². The molecule has 7 heteroatoms. The van der Waals surface area contributed by atoms with Gasteiger partial charge in [0, 0.05) is 22.5 Å². The minimum atomic E-state index is -0.253. The lowest BCUT2D eigenvalue weighted by Crippen LogP contribution is -2.38. The highest BCUT2D eigenvalue weighted by molar-refractivity contribution is 8.15. The first kappa shape index (κ1) is 19.7. The average Bonchev–Trinajstić information content (AvgIpc) is 2.58. The van der Waals surface area contributed by atoms with Crippen LogP contribution in [0.4, 0.5) is 0 Å². The number of hydrogen-bond acceptors (Lipinski definition) is 6. The monoisotopic (exact) mass is 357 g/mol. The highest BCUT2D eigenvalue weighted by Crippen LogP contribution is 2.25. The molecule has 0 aliphatic carbocycles. The predicted octanol–water partition coefficient (Wildman–Crippen LogP) is 2.25. The second kappa shape index (κ2) is 11.3. The third-order valence-corrected chi connectivity index (χ3v) is 5.19. The topological polar surface area (TPSA) is 67.8 Å². The van der Waals surface area contributed by atoms with Crippen LogP contribution >= 0.6 is 23.5 Å². The molecule has 5 nitrogen and oxygen atoms in total. The number of amides is 1. The number of carbonyl (C=O) groups is 1. The molecule has 0 spiro atoms. The van der Waals surface area contributed by atoms with Crippen molar-refractivity contribution in [3.63, 3.8) is 0 Å². The van der Waals surface area contributed by atoms with Gasteiger partial charge in [-0.15, -0.1) is 11.8 Å². The van der Waals surface area contributed by atoms with Crippen LogP contribution in [0.1, 0.15) is 5.56 Å². The van der Waals surface area contributed by atoms with Crippen LogP contribution in [0, 0.1) is 0 Å². The number of nitrogens with one attached hydrogen (secondary N) is 1. The highest BCUT2D eigenvalue weighted by atomic mass is 32.2. The van der Waals surface area contributed by atoms with Gasteiger partial charge < -0.3 is 19.9 Å². The molecular weight excluding hydrogens is 334 g/mol. The number of aliphatic hydroxyl groups excluding tert-OH is 1. The van der Waals surface area contributed by atoms with E-state index in [1.165, 1.54) is 6.08 Å². The molecule has 2 N–H and O–H groups in total. The molecule has 1 rings (SSSR count). The van der Waals surface area contributed by atoms with Crippen LogP contribution in [0.5, 0.6) is 11.5 Å². The fraction of sp³-hybridized carbons (Fsp3) is 0.438. The van der Waals surface area contributed by atoms with E-state index in [1.807, 2.05) is 6.26 Å². The SMILES string of the molecule is COc1ccc(OC)c(/C=C/C(=O)N[C@H](CO)CSCSC)c1. The molecule has 0 radical (unpaired) electrons. The molecule has 1 amide bonds. The van der Waals surface area contributed by atoms with E-state index in [1.54, 1.807) is 62.0 Å². The van der Waals surface area contributed by atoms with E-state index in [0.29, 0.717) is 17.3 Å². The van der Waals surface area contributed by atoms with Crippen LogP contribution < -0.4 is 14.8 Å². The van der Waals surface area contributed by atoms with E-state index in [0.717, 1.165) is 10.6 Å². The Kier molecular flexibility index (Phi) is 9.66. The van der Waals surface area contributed by atoms with Crippen molar-refractivity contribution in [3.8, 4) is 11.5 Å². The van der Waals surface area contributed by atoms with Crippen molar-refractivity contribution < 1.29 is 19.4 Å². The largest absolute Gasteiger partial charge is 0.497 e. The summed E-state index contributed by atoms with van der Waals surface area (Å²) in [5.41, 5.74) is 0.749.